The molecule has 2 aliphatic rings. The summed E-state index contributed by atoms with van der Waals surface area (Å²) in [6.07, 6.45) is 6.94. The van der Waals surface area contributed by atoms with Gasteiger partial charge in [0.25, 0.3) is 0 Å². The van der Waals surface area contributed by atoms with Crippen LogP contribution in [-0.4, -0.2) is 105 Å². The maximum absolute atomic E-state index is 12.7. The molecule has 4 heterocycles. The second-order valence-corrected chi connectivity index (χ2v) is 9.47. The smallest absolute Gasteiger partial charge is 0.410 e. The number of carbonyl (C=O) groups is 2. The standard InChI is InChI=1S/C24H36N8O3/c1-5-30-16-25-21-22(26-17(2)27-23(21)30)28-18-8-12-31(13-9-18)24(34)35-19-10-14-32(15-19)20(33)7-6-11-29(3)4/h6-7,16,18-19H,5,8-15H2,1-4H3,(H,26,27,28). The number of hydrogen-bond acceptors (Lipinski definition) is 8. The summed E-state index contributed by atoms with van der Waals surface area (Å²) in [4.78, 5) is 44.1. The average Bonchev–Trinajstić information content (AvgIpc) is 3.46. The van der Waals surface area contributed by atoms with Crippen LogP contribution < -0.4 is 5.32 Å². The van der Waals surface area contributed by atoms with Gasteiger partial charge < -0.3 is 29.3 Å². The van der Waals surface area contributed by atoms with Crippen LogP contribution in [0.5, 0.6) is 0 Å². The highest BCUT2D eigenvalue weighted by Crippen LogP contribution is 2.23. The number of anilines is 1. The fourth-order valence-electron chi connectivity index (χ4n) is 4.50. The third-order valence-electron chi connectivity index (χ3n) is 6.47. The van der Waals surface area contributed by atoms with Crippen molar-refractivity contribution >= 4 is 29.0 Å². The number of rotatable bonds is 7. The molecule has 4 rings (SSSR count). The maximum Gasteiger partial charge on any atom is 0.410 e. The van der Waals surface area contributed by atoms with Crippen LogP contribution in [0.1, 0.15) is 32.0 Å². The summed E-state index contributed by atoms with van der Waals surface area (Å²) in [6, 6.07) is 0.192. The molecule has 11 nitrogen and oxygen atoms in total. The highest BCUT2D eigenvalue weighted by molar-refractivity contribution is 5.88. The van der Waals surface area contributed by atoms with Gasteiger partial charge in [-0.2, -0.15) is 0 Å². The lowest BCUT2D eigenvalue weighted by Crippen LogP contribution is -2.44. The summed E-state index contributed by atoms with van der Waals surface area (Å²) in [5.74, 6) is 1.42. The fourth-order valence-corrected chi connectivity index (χ4v) is 4.50. The first-order chi connectivity index (χ1) is 16.8. The first-order valence-corrected chi connectivity index (χ1v) is 12.4. The average molecular weight is 485 g/mol. The number of amides is 2. The van der Waals surface area contributed by atoms with Gasteiger partial charge in [-0.3, -0.25) is 4.79 Å². The molecule has 35 heavy (non-hydrogen) atoms. The van der Waals surface area contributed by atoms with Crippen molar-refractivity contribution in [1.29, 1.82) is 0 Å². The number of imidazole rings is 1. The van der Waals surface area contributed by atoms with Crippen molar-refractivity contribution in [2.75, 3.05) is 52.1 Å². The van der Waals surface area contributed by atoms with Crippen LogP contribution in [-0.2, 0) is 16.1 Å². The number of aryl methyl sites for hydroxylation is 2. The van der Waals surface area contributed by atoms with Gasteiger partial charge in [-0.15, -0.1) is 0 Å². The van der Waals surface area contributed by atoms with Gasteiger partial charge in [0, 0.05) is 51.3 Å². The summed E-state index contributed by atoms with van der Waals surface area (Å²) in [6.45, 7) is 7.72. The molecule has 11 heteroatoms. The summed E-state index contributed by atoms with van der Waals surface area (Å²) in [7, 11) is 3.91. The molecule has 2 aromatic rings. The van der Waals surface area contributed by atoms with Gasteiger partial charge in [-0.05, 0) is 40.8 Å². The Balaban J connectivity index is 1.25. The number of carbonyl (C=O) groups excluding carboxylic acids is 2. The lowest BCUT2D eigenvalue weighted by atomic mass is 10.1. The Bertz CT molecular complexity index is 1070. The molecule has 190 valence electrons. The summed E-state index contributed by atoms with van der Waals surface area (Å²) in [5.41, 5.74) is 1.61. The van der Waals surface area contributed by atoms with Crippen molar-refractivity contribution < 1.29 is 14.3 Å². The van der Waals surface area contributed by atoms with E-state index in [9.17, 15) is 9.59 Å². The number of nitrogens with one attached hydrogen (secondary N) is 1. The molecule has 0 radical (unpaired) electrons. The Morgan fingerprint density at radius 3 is 2.63 bits per heavy atom. The number of likely N-dealkylation sites (N-methyl/N-ethyl adjacent to an activating group) is 1. The molecule has 1 atom stereocenters. The minimum atomic E-state index is -0.298. The number of ether oxygens (including phenoxy) is 1. The van der Waals surface area contributed by atoms with E-state index in [1.807, 2.05) is 36.6 Å². The number of fused-ring (bicyclic) bond motifs is 1. The van der Waals surface area contributed by atoms with Crippen LogP contribution in [0, 0.1) is 6.92 Å². The largest absolute Gasteiger partial charge is 0.444 e. The van der Waals surface area contributed by atoms with Gasteiger partial charge >= 0.3 is 6.09 Å². The molecular weight excluding hydrogens is 448 g/mol. The highest BCUT2D eigenvalue weighted by atomic mass is 16.6. The van der Waals surface area contributed by atoms with Gasteiger partial charge in [0.15, 0.2) is 11.5 Å². The van der Waals surface area contributed by atoms with Gasteiger partial charge in [0.1, 0.15) is 17.4 Å². The van der Waals surface area contributed by atoms with E-state index in [1.54, 1.807) is 22.2 Å². The van der Waals surface area contributed by atoms with E-state index < -0.39 is 0 Å². The van der Waals surface area contributed by atoms with Crippen LogP contribution >= 0.6 is 0 Å². The third-order valence-corrected chi connectivity index (χ3v) is 6.47. The Morgan fingerprint density at radius 1 is 1.17 bits per heavy atom. The number of likely N-dealkylation sites (tertiary alicyclic amines) is 2. The second kappa shape index (κ2) is 11.0. The zero-order chi connectivity index (χ0) is 24.9. The van der Waals surface area contributed by atoms with Gasteiger partial charge in [-0.1, -0.05) is 6.08 Å². The molecule has 2 amide bonds. The summed E-state index contributed by atoms with van der Waals surface area (Å²) < 4.78 is 7.73. The Kier molecular flexibility index (Phi) is 7.84. The molecule has 2 aromatic heterocycles. The lowest BCUT2D eigenvalue weighted by Gasteiger charge is -2.32. The normalized spacial score (nSPS) is 19.3. The van der Waals surface area contributed by atoms with Gasteiger partial charge in [0.05, 0.1) is 12.9 Å². The molecule has 2 fully saturated rings. The number of nitrogens with zero attached hydrogens (tertiary/aromatic N) is 7. The van der Waals surface area contributed by atoms with Crippen LogP contribution in [0.25, 0.3) is 11.2 Å². The van der Waals surface area contributed by atoms with Gasteiger partial charge in [-0.25, -0.2) is 19.7 Å². The molecule has 0 aliphatic carbocycles. The molecule has 1 unspecified atom stereocenters. The quantitative estimate of drug-likeness (QED) is 0.594. The fraction of sp³-hybridized carbons (Fsp3) is 0.625. The van der Waals surface area contributed by atoms with E-state index in [0.29, 0.717) is 45.0 Å². The number of hydrogen-bond donors (Lipinski definition) is 1. The Labute approximate surface area is 206 Å². The van der Waals surface area contributed by atoms with Crippen molar-refractivity contribution in [3.05, 3.63) is 24.3 Å². The first kappa shape index (κ1) is 24.9. The zero-order valence-corrected chi connectivity index (χ0v) is 21.1. The molecule has 0 saturated carbocycles. The second-order valence-electron chi connectivity index (χ2n) is 9.47. The van der Waals surface area contributed by atoms with Crippen LogP contribution in [0.15, 0.2) is 18.5 Å². The van der Waals surface area contributed by atoms with E-state index in [2.05, 4.69) is 27.2 Å². The van der Waals surface area contributed by atoms with E-state index in [-0.39, 0.29) is 24.1 Å². The van der Waals surface area contributed by atoms with E-state index in [1.165, 1.54) is 0 Å². The summed E-state index contributed by atoms with van der Waals surface area (Å²) >= 11 is 0. The molecular formula is C24H36N8O3. The van der Waals surface area contributed by atoms with Crippen LogP contribution in [0.3, 0.4) is 0 Å². The minimum absolute atomic E-state index is 0.0323. The zero-order valence-electron chi connectivity index (χ0n) is 21.1. The SMILES string of the molecule is CCn1cnc2c(NC3CCN(C(=O)OC4CCN(C(=O)C=CCN(C)C)C4)CC3)nc(C)nc21. The molecule has 1 N–H and O–H groups in total. The van der Waals surface area contributed by atoms with E-state index in [4.69, 9.17) is 4.74 Å². The third kappa shape index (κ3) is 6.08. The topological polar surface area (TPSA) is 109 Å². The monoisotopic (exact) mass is 484 g/mol. The number of piperidine rings is 1. The van der Waals surface area contributed by atoms with Gasteiger partial charge in [0.2, 0.25) is 5.91 Å². The Hall–Kier alpha value is -3.21. The van der Waals surface area contributed by atoms with Crippen LogP contribution in [0.4, 0.5) is 10.6 Å². The van der Waals surface area contributed by atoms with Crippen molar-refractivity contribution in [3.8, 4) is 0 Å². The van der Waals surface area contributed by atoms with Crippen molar-refractivity contribution in [2.45, 2.75) is 51.8 Å². The van der Waals surface area contributed by atoms with Crippen molar-refractivity contribution in [1.82, 2.24) is 34.2 Å². The van der Waals surface area contributed by atoms with Crippen molar-refractivity contribution in [3.63, 3.8) is 0 Å². The highest BCUT2D eigenvalue weighted by Gasteiger charge is 2.31. The summed E-state index contributed by atoms with van der Waals surface area (Å²) in [5, 5.41) is 3.52. The first-order valence-electron chi connectivity index (χ1n) is 12.4. The maximum atomic E-state index is 12.7. The number of aromatic nitrogens is 4. The lowest BCUT2D eigenvalue weighted by molar-refractivity contribution is -0.125. The molecule has 2 saturated heterocycles. The van der Waals surface area contributed by atoms with E-state index >= 15 is 0 Å². The van der Waals surface area contributed by atoms with Crippen molar-refractivity contribution in [2.24, 2.45) is 0 Å². The minimum Gasteiger partial charge on any atom is -0.444 e. The van der Waals surface area contributed by atoms with Crippen LogP contribution in [0.2, 0.25) is 0 Å². The predicted molar refractivity (Wildman–Crippen MR) is 133 cm³/mol. The molecule has 0 spiro atoms. The Morgan fingerprint density at radius 2 is 1.91 bits per heavy atom. The molecule has 2 aliphatic heterocycles. The molecule has 0 aromatic carbocycles. The molecule has 0 bridgehead atoms. The predicted octanol–water partition coefficient (Wildman–Crippen LogP) is 1.89. The van der Waals surface area contributed by atoms with E-state index in [0.717, 1.165) is 36.4 Å².